The van der Waals surface area contributed by atoms with Gasteiger partial charge in [0.1, 0.15) is 5.75 Å². The van der Waals surface area contributed by atoms with Gasteiger partial charge in [0.25, 0.3) is 0 Å². The third kappa shape index (κ3) is 4.25. The van der Waals surface area contributed by atoms with E-state index in [1.807, 2.05) is 43.3 Å². The highest BCUT2D eigenvalue weighted by molar-refractivity contribution is 5.90. The highest BCUT2D eigenvalue weighted by Crippen LogP contribution is 2.21. The van der Waals surface area contributed by atoms with E-state index in [0.29, 0.717) is 6.54 Å². The molecule has 0 fully saturated rings. The van der Waals surface area contributed by atoms with Gasteiger partial charge in [0.2, 0.25) is 0 Å². The van der Waals surface area contributed by atoms with Gasteiger partial charge in [0.05, 0.1) is 7.11 Å². The van der Waals surface area contributed by atoms with Crippen LogP contribution in [-0.4, -0.2) is 19.7 Å². The van der Waals surface area contributed by atoms with E-state index in [1.165, 1.54) is 5.56 Å². The van der Waals surface area contributed by atoms with Crippen LogP contribution in [0.2, 0.25) is 0 Å². The normalized spacial score (nSPS) is 11.6. The van der Waals surface area contributed by atoms with E-state index in [4.69, 9.17) is 4.74 Å². The van der Waals surface area contributed by atoms with Gasteiger partial charge in [-0.05, 0) is 42.2 Å². The molecule has 0 heterocycles. The van der Waals surface area contributed by atoms with E-state index in [2.05, 4.69) is 29.7 Å². The zero-order valence-electron chi connectivity index (χ0n) is 13.2. The number of urea groups is 1. The Morgan fingerprint density at radius 3 is 2.55 bits per heavy atom. The SMILES string of the molecule is COc1ccc(NC(=O)NCC(C)c2ccccc2)c(C)c1. The maximum Gasteiger partial charge on any atom is 0.319 e. The fourth-order valence-corrected chi connectivity index (χ4v) is 2.22. The van der Waals surface area contributed by atoms with Gasteiger partial charge in [0, 0.05) is 12.2 Å². The fraction of sp³-hybridized carbons (Fsp3) is 0.278. The molecule has 1 unspecified atom stereocenters. The minimum atomic E-state index is -0.198. The molecule has 0 saturated heterocycles. The van der Waals surface area contributed by atoms with Crippen molar-refractivity contribution in [2.24, 2.45) is 0 Å². The third-order valence-electron chi connectivity index (χ3n) is 3.62. The summed E-state index contributed by atoms with van der Waals surface area (Å²) in [7, 11) is 1.62. The van der Waals surface area contributed by atoms with Crippen molar-refractivity contribution in [2.75, 3.05) is 19.0 Å². The number of benzene rings is 2. The number of hydrogen-bond donors (Lipinski definition) is 2. The van der Waals surface area contributed by atoms with Crippen LogP contribution in [0.4, 0.5) is 10.5 Å². The molecule has 116 valence electrons. The van der Waals surface area contributed by atoms with E-state index in [-0.39, 0.29) is 11.9 Å². The van der Waals surface area contributed by atoms with Crippen LogP contribution in [0.3, 0.4) is 0 Å². The molecule has 0 aliphatic heterocycles. The van der Waals surface area contributed by atoms with E-state index in [9.17, 15) is 4.79 Å². The minimum absolute atomic E-state index is 0.198. The van der Waals surface area contributed by atoms with Crippen LogP contribution in [0.5, 0.6) is 5.75 Å². The van der Waals surface area contributed by atoms with Gasteiger partial charge in [0.15, 0.2) is 0 Å². The van der Waals surface area contributed by atoms with Crippen LogP contribution >= 0.6 is 0 Å². The molecule has 0 aliphatic rings. The Morgan fingerprint density at radius 1 is 1.18 bits per heavy atom. The van der Waals surface area contributed by atoms with E-state index >= 15 is 0 Å². The first-order chi connectivity index (χ1) is 10.6. The Hall–Kier alpha value is -2.49. The van der Waals surface area contributed by atoms with Crippen LogP contribution in [0.15, 0.2) is 48.5 Å². The van der Waals surface area contributed by atoms with E-state index in [0.717, 1.165) is 17.0 Å². The minimum Gasteiger partial charge on any atom is -0.497 e. The number of carbonyl (C=O) groups is 1. The Balaban J connectivity index is 1.88. The number of carbonyl (C=O) groups excluding carboxylic acids is 1. The lowest BCUT2D eigenvalue weighted by Gasteiger charge is -2.14. The smallest absolute Gasteiger partial charge is 0.319 e. The molecule has 0 bridgehead atoms. The summed E-state index contributed by atoms with van der Waals surface area (Å²) in [5.74, 6) is 1.05. The number of anilines is 1. The predicted molar refractivity (Wildman–Crippen MR) is 89.6 cm³/mol. The second-order valence-electron chi connectivity index (χ2n) is 5.33. The Kier molecular flexibility index (Phi) is 5.42. The molecule has 4 heteroatoms. The van der Waals surface area contributed by atoms with Crippen molar-refractivity contribution in [1.82, 2.24) is 5.32 Å². The molecule has 4 nitrogen and oxygen atoms in total. The number of rotatable bonds is 5. The molecule has 0 saturated carbocycles. The maximum atomic E-state index is 12.0. The number of ether oxygens (including phenoxy) is 1. The van der Waals surface area contributed by atoms with Gasteiger partial charge in [-0.1, -0.05) is 37.3 Å². The molecule has 0 spiro atoms. The summed E-state index contributed by atoms with van der Waals surface area (Å²) in [5, 5.41) is 5.77. The van der Waals surface area contributed by atoms with Gasteiger partial charge in [-0.3, -0.25) is 0 Å². The van der Waals surface area contributed by atoms with Gasteiger partial charge < -0.3 is 15.4 Å². The number of hydrogen-bond acceptors (Lipinski definition) is 2. The standard InChI is InChI=1S/C18H22N2O2/c1-13-11-16(22-3)9-10-17(13)20-18(21)19-12-14(2)15-7-5-4-6-8-15/h4-11,14H,12H2,1-3H3,(H2,19,20,21). The molecular weight excluding hydrogens is 276 g/mol. The lowest BCUT2D eigenvalue weighted by Crippen LogP contribution is -2.32. The molecular formula is C18H22N2O2. The number of amides is 2. The van der Waals surface area contributed by atoms with Crippen molar-refractivity contribution >= 4 is 11.7 Å². The summed E-state index contributed by atoms with van der Waals surface area (Å²) in [6.45, 7) is 4.62. The molecule has 2 N–H and O–H groups in total. The first kappa shape index (κ1) is 15.9. The van der Waals surface area contributed by atoms with Crippen LogP contribution in [0, 0.1) is 6.92 Å². The third-order valence-corrected chi connectivity index (χ3v) is 3.62. The Morgan fingerprint density at radius 2 is 1.91 bits per heavy atom. The average Bonchev–Trinajstić information content (AvgIpc) is 2.55. The molecule has 2 rings (SSSR count). The van der Waals surface area contributed by atoms with Crippen LogP contribution < -0.4 is 15.4 Å². The number of aryl methyl sites for hydroxylation is 1. The van der Waals surface area contributed by atoms with Crippen molar-refractivity contribution in [2.45, 2.75) is 19.8 Å². The average molecular weight is 298 g/mol. The molecule has 0 aromatic heterocycles. The molecule has 22 heavy (non-hydrogen) atoms. The highest BCUT2D eigenvalue weighted by Gasteiger charge is 2.09. The fourth-order valence-electron chi connectivity index (χ4n) is 2.22. The topological polar surface area (TPSA) is 50.4 Å². The monoisotopic (exact) mass is 298 g/mol. The summed E-state index contributed by atoms with van der Waals surface area (Å²) < 4.78 is 5.15. The summed E-state index contributed by atoms with van der Waals surface area (Å²) >= 11 is 0. The zero-order valence-corrected chi connectivity index (χ0v) is 13.2. The molecule has 0 aliphatic carbocycles. The largest absolute Gasteiger partial charge is 0.497 e. The molecule has 0 radical (unpaired) electrons. The Bertz CT molecular complexity index is 626. The number of nitrogens with one attached hydrogen (secondary N) is 2. The second-order valence-corrected chi connectivity index (χ2v) is 5.33. The van der Waals surface area contributed by atoms with Crippen molar-refractivity contribution in [1.29, 1.82) is 0 Å². The quantitative estimate of drug-likeness (QED) is 0.878. The van der Waals surface area contributed by atoms with Crippen LogP contribution in [0.1, 0.15) is 24.0 Å². The molecule has 1 atom stereocenters. The lowest BCUT2D eigenvalue weighted by atomic mass is 10.0. The molecule has 2 amide bonds. The van der Waals surface area contributed by atoms with Gasteiger partial charge >= 0.3 is 6.03 Å². The summed E-state index contributed by atoms with van der Waals surface area (Å²) in [4.78, 5) is 12.0. The van der Waals surface area contributed by atoms with Crippen LogP contribution in [-0.2, 0) is 0 Å². The first-order valence-electron chi connectivity index (χ1n) is 7.34. The second kappa shape index (κ2) is 7.50. The zero-order chi connectivity index (χ0) is 15.9. The predicted octanol–water partition coefficient (Wildman–Crippen LogP) is 3.93. The summed E-state index contributed by atoms with van der Waals surface area (Å²) in [5.41, 5.74) is 2.96. The van der Waals surface area contributed by atoms with Crippen molar-refractivity contribution < 1.29 is 9.53 Å². The van der Waals surface area contributed by atoms with Gasteiger partial charge in [-0.2, -0.15) is 0 Å². The van der Waals surface area contributed by atoms with E-state index < -0.39 is 0 Å². The highest BCUT2D eigenvalue weighted by atomic mass is 16.5. The summed E-state index contributed by atoms with van der Waals surface area (Å²) in [6.07, 6.45) is 0. The van der Waals surface area contributed by atoms with Crippen molar-refractivity contribution in [3.63, 3.8) is 0 Å². The molecule has 2 aromatic rings. The van der Waals surface area contributed by atoms with Crippen LogP contribution in [0.25, 0.3) is 0 Å². The van der Waals surface area contributed by atoms with Crippen molar-refractivity contribution in [3.8, 4) is 5.75 Å². The van der Waals surface area contributed by atoms with Gasteiger partial charge in [-0.25, -0.2) is 4.79 Å². The van der Waals surface area contributed by atoms with E-state index in [1.54, 1.807) is 7.11 Å². The first-order valence-corrected chi connectivity index (χ1v) is 7.34. The van der Waals surface area contributed by atoms with Gasteiger partial charge in [-0.15, -0.1) is 0 Å². The lowest BCUT2D eigenvalue weighted by molar-refractivity contribution is 0.251. The molecule has 2 aromatic carbocycles. The Labute approximate surface area is 131 Å². The van der Waals surface area contributed by atoms with Crippen molar-refractivity contribution in [3.05, 3.63) is 59.7 Å². The maximum absolute atomic E-state index is 12.0. The number of methoxy groups -OCH3 is 1. The summed E-state index contributed by atoms with van der Waals surface area (Å²) in [6, 6.07) is 15.5.